The summed E-state index contributed by atoms with van der Waals surface area (Å²) in [5.41, 5.74) is 0.715. The molecule has 0 aliphatic heterocycles. The van der Waals surface area contributed by atoms with Crippen LogP contribution in [0.4, 0.5) is 45.5 Å². The average Bonchev–Trinajstić information content (AvgIpc) is 2.82. The molecule has 25 heteroatoms. The maximum Gasteiger partial charge on any atom is 0.434 e. The van der Waals surface area contributed by atoms with Crippen molar-refractivity contribution in [3.05, 3.63) is 74.8 Å². The maximum absolute atomic E-state index is 12.3. The van der Waals surface area contributed by atoms with E-state index in [1.807, 2.05) is 0 Å². The first-order valence-corrected chi connectivity index (χ1v) is 11.2. The largest absolute Gasteiger partial charge is 0.693 e. The van der Waals surface area contributed by atoms with Crippen LogP contribution >= 0.6 is 34.8 Å². The quantitative estimate of drug-likeness (QED) is 0.109. The molecule has 242 valence electrons. The van der Waals surface area contributed by atoms with Gasteiger partial charge in [0.15, 0.2) is 23.0 Å². The summed E-state index contributed by atoms with van der Waals surface area (Å²) in [4.78, 5) is 50.6. The molecule has 0 saturated carbocycles. The van der Waals surface area contributed by atoms with Gasteiger partial charge in [0.25, 0.3) is 5.24 Å². The predicted molar refractivity (Wildman–Crippen MR) is 131 cm³/mol. The van der Waals surface area contributed by atoms with Crippen molar-refractivity contribution >= 4 is 57.6 Å². The van der Waals surface area contributed by atoms with E-state index >= 15 is 0 Å². The minimum Gasteiger partial charge on any atom is -0.693 e. The number of nitrogens with two attached hydrogens (primary N) is 1. The molecule has 11 nitrogen and oxygen atoms in total. The molecule has 0 saturated heterocycles. The average molecular weight is 868 g/mol. The number of rotatable bonds is 3. The number of carbonyl (C=O) groups is 3. The molecular weight excluding hydrogens is 855 g/mol. The van der Waals surface area contributed by atoms with E-state index in [-0.39, 0.29) is 71.6 Å². The first-order valence-electron chi connectivity index (χ1n) is 10.0. The summed E-state index contributed by atoms with van der Waals surface area (Å²) < 4.78 is 110. The zero-order valence-electron chi connectivity index (χ0n) is 21.9. The number of ketones is 2. The Morgan fingerprint density at radius 1 is 0.622 bits per heavy atom. The first-order chi connectivity index (χ1) is 19.0. The summed E-state index contributed by atoms with van der Waals surface area (Å²) in [5, 5.41) is -2.42. The molecule has 45 heavy (non-hydrogen) atoms. The third-order valence-corrected chi connectivity index (χ3v) is 4.65. The van der Waals surface area contributed by atoms with E-state index in [2.05, 4.69) is 29.9 Å². The SMILES string of the molecule is CC(=O)c1cnc(Cl)nc1C(F)(F)F.CC(=O)c1cnc([NH-])nc1C(F)(F)F.O=C(Cl)c1cnc(Cl)nc1C(F)(F)F.[NH2-].[Y].[Y]. The number of Topliss-reactive ketones (excluding diaryl/α,β-unsaturated/α-hetero) is 2. The zero-order valence-corrected chi connectivity index (χ0v) is 29.9. The summed E-state index contributed by atoms with van der Waals surface area (Å²) >= 11 is 15.2. The van der Waals surface area contributed by atoms with Gasteiger partial charge in [-0.1, -0.05) is 0 Å². The van der Waals surface area contributed by atoms with Gasteiger partial charge in [0.2, 0.25) is 10.6 Å². The molecule has 3 aromatic rings. The van der Waals surface area contributed by atoms with Crippen LogP contribution in [-0.4, -0.2) is 46.7 Å². The van der Waals surface area contributed by atoms with Gasteiger partial charge in [-0.2, -0.15) is 39.5 Å². The van der Waals surface area contributed by atoms with E-state index in [0.29, 0.717) is 12.4 Å². The molecule has 3 rings (SSSR count). The van der Waals surface area contributed by atoms with Gasteiger partial charge >= 0.3 is 18.5 Å². The summed E-state index contributed by atoms with van der Waals surface area (Å²) in [6.45, 7) is 1.99. The molecule has 0 spiro atoms. The third-order valence-electron chi connectivity index (χ3n) is 4.08. The van der Waals surface area contributed by atoms with Gasteiger partial charge < -0.3 is 21.9 Å². The van der Waals surface area contributed by atoms with Crippen molar-refractivity contribution in [3.63, 3.8) is 0 Å². The van der Waals surface area contributed by atoms with Crippen molar-refractivity contribution in [3.8, 4) is 0 Å². The van der Waals surface area contributed by atoms with Crippen LogP contribution < -0.4 is 0 Å². The van der Waals surface area contributed by atoms with E-state index in [0.717, 1.165) is 20.0 Å². The number of nitrogens with one attached hydrogen (secondary N) is 1. The van der Waals surface area contributed by atoms with E-state index < -0.39 is 85.6 Å². The number of aromatic nitrogens is 6. The van der Waals surface area contributed by atoms with Crippen molar-refractivity contribution in [2.24, 2.45) is 0 Å². The van der Waals surface area contributed by atoms with Crippen LogP contribution in [0.5, 0.6) is 0 Å². The Labute approximate surface area is 311 Å². The normalized spacial score (nSPS) is 10.7. The number of alkyl halides is 9. The Morgan fingerprint density at radius 2 is 0.911 bits per heavy atom. The van der Waals surface area contributed by atoms with Crippen molar-refractivity contribution < 1.29 is 119 Å². The molecule has 0 atom stereocenters. The number of hydrogen-bond acceptors (Lipinski definition) is 9. The van der Waals surface area contributed by atoms with Crippen LogP contribution in [0, 0.1) is 0 Å². The monoisotopic (exact) mass is 866 g/mol. The van der Waals surface area contributed by atoms with Crippen molar-refractivity contribution in [1.82, 2.24) is 29.9 Å². The Morgan fingerprint density at radius 3 is 1.22 bits per heavy atom. The van der Waals surface area contributed by atoms with Crippen LogP contribution in [0.25, 0.3) is 11.9 Å². The standard InChI is InChI=1S/C7H4ClF3N2O.C7H6F3N3O.C6HCl2F3N2O.H2N.2Y/c1-3(14)4-2-12-6(8)13-5(4)7(9,10)11;1-3(14)4-2-12-6(11)13-5(4)7(8,9)10;7-4(14)2-1-12-5(8)13-3(2)6(9,10)11;;;/h2H,1H3;2H,1H3,(H2,11,12,13,14);1H;1H2;;/q;;;-1;;/p-1. The third kappa shape index (κ3) is 15.3. The van der Waals surface area contributed by atoms with Crippen LogP contribution in [0.2, 0.25) is 10.6 Å². The summed E-state index contributed by atoms with van der Waals surface area (Å²) in [6, 6.07) is 0. The molecule has 0 aliphatic rings. The number of hydrogen-bond donors (Lipinski definition) is 0. The minimum absolute atomic E-state index is 0. The number of halogens is 12. The Hall–Kier alpha value is -1.54. The molecule has 3 aromatic heterocycles. The predicted octanol–water partition coefficient (Wildman–Crippen LogP) is 7.97. The second-order valence-electron chi connectivity index (χ2n) is 7.14. The first kappa shape index (κ1) is 47.9. The summed E-state index contributed by atoms with van der Waals surface area (Å²) in [6.07, 6.45) is -12.1. The van der Waals surface area contributed by atoms with E-state index in [9.17, 15) is 53.9 Å². The molecule has 0 unspecified atom stereocenters. The fourth-order valence-electron chi connectivity index (χ4n) is 2.41. The second-order valence-corrected chi connectivity index (χ2v) is 8.16. The van der Waals surface area contributed by atoms with Gasteiger partial charge in [0, 0.05) is 89.3 Å². The Balaban J connectivity index is -0.000000569. The summed E-state index contributed by atoms with van der Waals surface area (Å²) in [5.74, 6) is -2.30. The van der Waals surface area contributed by atoms with Gasteiger partial charge in [-0.15, -0.1) is 0 Å². The zero-order chi connectivity index (χ0) is 32.8. The second kappa shape index (κ2) is 19.3. The minimum atomic E-state index is -4.79. The number of nitrogens with zero attached hydrogens (tertiary/aromatic N) is 6. The maximum atomic E-state index is 12.3. The molecule has 2 radical (unpaired) electrons. The van der Waals surface area contributed by atoms with Crippen molar-refractivity contribution in [2.75, 3.05) is 0 Å². The van der Waals surface area contributed by atoms with E-state index in [1.54, 1.807) is 0 Å². The molecule has 0 aliphatic carbocycles. The van der Waals surface area contributed by atoms with Crippen LogP contribution in [-0.2, 0) is 83.9 Å². The molecule has 3 N–H and O–H groups in total. The molecular formula is C20H12Cl3F9N8O3Y2-2. The fraction of sp³-hybridized carbons (Fsp3) is 0.250. The van der Waals surface area contributed by atoms with Crippen molar-refractivity contribution in [2.45, 2.75) is 32.4 Å². The molecule has 0 bridgehead atoms. The van der Waals surface area contributed by atoms with Gasteiger partial charge in [-0.3, -0.25) is 14.4 Å². The van der Waals surface area contributed by atoms with Gasteiger partial charge in [0.1, 0.15) is 0 Å². The van der Waals surface area contributed by atoms with E-state index in [4.69, 9.17) is 40.5 Å². The topological polar surface area (TPSA) is 186 Å². The summed E-state index contributed by atoms with van der Waals surface area (Å²) in [7, 11) is 0. The molecule has 0 aromatic carbocycles. The van der Waals surface area contributed by atoms with Gasteiger partial charge in [-0.05, 0) is 54.8 Å². The van der Waals surface area contributed by atoms with E-state index in [1.165, 1.54) is 0 Å². The van der Waals surface area contributed by atoms with Crippen LogP contribution in [0.3, 0.4) is 0 Å². The number of carbonyl (C=O) groups excluding carboxylic acids is 3. The van der Waals surface area contributed by atoms with Crippen LogP contribution in [0.1, 0.15) is 62.0 Å². The fourth-order valence-corrected chi connectivity index (χ4v) is 2.81. The molecule has 3 heterocycles. The van der Waals surface area contributed by atoms with Gasteiger partial charge in [-0.25, -0.2) is 19.9 Å². The van der Waals surface area contributed by atoms with Crippen molar-refractivity contribution in [1.29, 1.82) is 0 Å². The Kier molecular flexibility index (Phi) is 20.5. The smallest absolute Gasteiger partial charge is 0.434 e. The molecule has 0 amide bonds. The Bertz CT molecular complexity index is 1320. The molecule has 0 fully saturated rings. The van der Waals surface area contributed by atoms with Gasteiger partial charge in [0.05, 0.1) is 16.8 Å². The van der Waals surface area contributed by atoms with Crippen LogP contribution in [0.15, 0.2) is 18.6 Å².